The minimum atomic E-state index is -0.127. The van der Waals surface area contributed by atoms with Gasteiger partial charge < -0.3 is 5.11 Å². The van der Waals surface area contributed by atoms with Crippen molar-refractivity contribution in [3.63, 3.8) is 0 Å². The molecule has 0 aromatic rings. The standard InChI is InChI=1S/C13H26O/c1-10(2)13(11(3)14)12-8-6-4-5-7-9-12/h10-14H,4-9H2,1-3H3. The molecule has 2 unspecified atom stereocenters. The molecule has 0 heterocycles. The van der Waals surface area contributed by atoms with E-state index in [9.17, 15) is 5.11 Å². The third-order valence-corrected chi connectivity index (χ3v) is 3.77. The molecule has 0 aromatic heterocycles. The first kappa shape index (κ1) is 12.0. The van der Waals surface area contributed by atoms with Gasteiger partial charge in [0.15, 0.2) is 0 Å². The van der Waals surface area contributed by atoms with Crippen molar-refractivity contribution >= 4 is 0 Å². The number of hydrogen-bond donors (Lipinski definition) is 1. The lowest BCUT2D eigenvalue weighted by Gasteiger charge is -2.31. The van der Waals surface area contributed by atoms with Crippen LogP contribution in [0.3, 0.4) is 0 Å². The molecule has 1 aliphatic carbocycles. The van der Waals surface area contributed by atoms with E-state index in [4.69, 9.17) is 0 Å². The van der Waals surface area contributed by atoms with Gasteiger partial charge in [0.05, 0.1) is 6.10 Å². The zero-order valence-corrected chi connectivity index (χ0v) is 10.00. The first-order valence-corrected chi connectivity index (χ1v) is 6.31. The third-order valence-electron chi connectivity index (χ3n) is 3.77. The fourth-order valence-corrected chi connectivity index (χ4v) is 3.19. The second-order valence-electron chi connectivity index (χ2n) is 5.31. The van der Waals surface area contributed by atoms with Crippen LogP contribution in [-0.2, 0) is 0 Å². The SMILES string of the molecule is CC(C)C(C(C)O)C1CCCCCC1. The van der Waals surface area contributed by atoms with Crippen molar-refractivity contribution in [2.24, 2.45) is 17.8 Å². The lowest BCUT2D eigenvalue weighted by molar-refractivity contribution is 0.0513. The Balaban J connectivity index is 2.56. The highest BCUT2D eigenvalue weighted by atomic mass is 16.3. The fraction of sp³-hybridized carbons (Fsp3) is 1.00. The minimum Gasteiger partial charge on any atom is -0.393 e. The highest BCUT2D eigenvalue weighted by Gasteiger charge is 2.28. The molecular formula is C13H26O. The molecular weight excluding hydrogens is 172 g/mol. The first-order valence-electron chi connectivity index (χ1n) is 6.31. The highest BCUT2D eigenvalue weighted by Crippen LogP contribution is 2.34. The van der Waals surface area contributed by atoms with Crippen LogP contribution in [0.4, 0.5) is 0 Å². The molecule has 84 valence electrons. The van der Waals surface area contributed by atoms with Crippen LogP contribution < -0.4 is 0 Å². The van der Waals surface area contributed by atoms with Crippen LogP contribution in [0.5, 0.6) is 0 Å². The van der Waals surface area contributed by atoms with Gasteiger partial charge in [-0.3, -0.25) is 0 Å². The predicted molar refractivity (Wildman–Crippen MR) is 61.2 cm³/mol. The molecule has 2 atom stereocenters. The Morgan fingerprint density at radius 1 is 0.929 bits per heavy atom. The van der Waals surface area contributed by atoms with Gasteiger partial charge in [0.2, 0.25) is 0 Å². The smallest absolute Gasteiger partial charge is 0.0545 e. The van der Waals surface area contributed by atoms with Gasteiger partial charge in [-0.1, -0.05) is 52.4 Å². The van der Waals surface area contributed by atoms with Gasteiger partial charge in [-0.25, -0.2) is 0 Å². The molecule has 1 fully saturated rings. The van der Waals surface area contributed by atoms with Crippen LogP contribution in [0.15, 0.2) is 0 Å². The molecule has 14 heavy (non-hydrogen) atoms. The molecule has 1 N–H and O–H groups in total. The quantitative estimate of drug-likeness (QED) is 0.687. The Bertz CT molecular complexity index is 135. The van der Waals surface area contributed by atoms with E-state index in [0.717, 1.165) is 5.92 Å². The van der Waals surface area contributed by atoms with E-state index in [0.29, 0.717) is 11.8 Å². The van der Waals surface area contributed by atoms with E-state index < -0.39 is 0 Å². The molecule has 1 nitrogen and oxygen atoms in total. The lowest BCUT2D eigenvalue weighted by Crippen LogP contribution is -2.30. The average Bonchev–Trinajstić information content (AvgIpc) is 2.31. The molecule has 0 amide bonds. The number of rotatable bonds is 3. The van der Waals surface area contributed by atoms with E-state index in [2.05, 4.69) is 13.8 Å². The molecule has 1 heteroatoms. The second kappa shape index (κ2) is 5.75. The van der Waals surface area contributed by atoms with Crippen LogP contribution in [-0.4, -0.2) is 11.2 Å². The van der Waals surface area contributed by atoms with Crippen molar-refractivity contribution in [3.05, 3.63) is 0 Å². The maximum Gasteiger partial charge on any atom is 0.0545 e. The summed E-state index contributed by atoms with van der Waals surface area (Å²) in [6, 6.07) is 0. The van der Waals surface area contributed by atoms with E-state index in [1.54, 1.807) is 0 Å². The summed E-state index contributed by atoms with van der Waals surface area (Å²) in [7, 11) is 0. The summed E-state index contributed by atoms with van der Waals surface area (Å²) in [4.78, 5) is 0. The summed E-state index contributed by atoms with van der Waals surface area (Å²) >= 11 is 0. The van der Waals surface area contributed by atoms with Gasteiger partial charge in [-0.15, -0.1) is 0 Å². The monoisotopic (exact) mass is 198 g/mol. The predicted octanol–water partition coefficient (Wildman–Crippen LogP) is 3.61. The van der Waals surface area contributed by atoms with Gasteiger partial charge in [0, 0.05) is 0 Å². The van der Waals surface area contributed by atoms with Gasteiger partial charge in [-0.2, -0.15) is 0 Å². The summed E-state index contributed by atoms with van der Waals surface area (Å²) in [6.45, 7) is 6.47. The Morgan fingerprint density at radius 2 is 1.43 bits per heavy atom. The van der Waals surface area contributed by atoms with Crippen molar-refractivity contribution in [1.82, 2.24) is 0 Å². The molecule has 0 aliphatic heterocycles. The fourth-order valence-electron chi connectivity index (χ4n) is 3.19. The third kappa shape index (κ3) is 3.27. The topological polar surface area (TPSA) is 20.2 Å². The highest BCUT2D eigenvalue weighted by molar-refractivity contribution is 4.78. The second-order valence-corrected chi connectivity index (χ2v) is 5.31. The van der Waals surface area contributed by atoms with Crippen LogP contribution >= 0.6 is 0 Å². The zero-order chi connectivity index (χ0) is 10.6. The van der Waals surface area contributed by atoms with Crippen LogP contribution in [0.1, 0.15) is 59.3 Å². The largest absolute Gasteiger partial charge is 0.393 e. The molecule has 0 saturated heterocycles. The Labute approximate surface area is 88.9 Å². The van der Waals surface area contributed by atoms with Gasteiger partial charge in [-0.05, 0) is 24.7 Å². The molecule has 1 saturated carbocycles. The molecule has 0 bridgehead atoms. The number of hydrogen-bond acceptors (Lipinski definition) is 1. The zero-order valence-electron chi connectivity index (χ0n) is 10.00. The van der Waals surface area contributed by atoms with Crippen molar-refractivity contribution in [3.8, 4) is 0 Å². The molecule has 1 rings (SSSR count). The molecule has 0 spiro atoms. The molecule has 1 aliphatic rings. The molecule has 0 aromatic carbocycles. The van der Waals surface area contributed by atoms with Gasteiger partial charge in [0.25, 0.3) is 0 Å². The van der Waals surface area contributed by atoms with Crippen molar-refractivity contribution < 1.29 is 5.11 Å². The summed E-state index contributed by atoms with van der Waals surface area (Å²) in [6.07, 6.45) is 8.11. The summed E-state index contributed by atoms with van der Waals surface area (Å²) in [5, 5.41) is 9.83. The van der Waals surface area contributed by atoms with Crippen LogP contribution in [0.2, 0.25) is 0 Å². The minimum absolute atomic E-state index is 0.127. The maximum atomic E-state index is 9.83. The number of aliphatic hydroxyl groups excluding tert-OH is 1. The maximum absolute atomic E-state index is 9.83. The van der Waals surface area contributed by atoms with Crippen molar-refractivity contribution in [2.45, 2.75) is 65.4 Å². The molecule has 0 radical (unpaired) electrons. The van der Waals surface area contributed by atoms with E-state index in [-0.39, 0.29) is 6.10 Å². The van der Waals surface area contributed by atoms with Crippen LogP contribution in [0, 0.1) is 17.8 Å². The van der Waals surface area contributed by atoms with E-state index in [1.165, 1.54) is 38.5 Å². The van der Waals surface area contributed by atoms with E-state index >= 15 is 0 Å². The lowest BCUT2D eigenvalue weighted by atomic mass is 9.76. The summed E-state index contributed by atoms with van der Waals surface area (Å²) < 4.78 is 0. The summed E-state index contributed by atoms with van der Waals surface area (Å²) in [5.41, 5.74) is 0. The van der Waals surface area contributed by atoms with Gasteiger partial charge in [0.1, 0.15) is 0 Å². The Kier molecular flexibility index (Phi) is 4.94. The van der Waals surface area contributed by atoms with E-state index in [1.807, 2.05) is 6.92 Å². The number of aliphatic hydroxyl groups is 1. The van der Waals surface area contributed by atoms with Crippen molar-refractivity contribution in [2.75, 3.05) is 0 Å². The Hall–Kier alpha value is -0.0400. The first-order chi connectivity index (χ1) is 6.63. The Morgan fingerprint density at radius 3 is 1.79 bits per heavy atom. The summed E-state index contributed by atoms with van der Waals surface area (Å²) in [5.74, 6) is 1.92. The average molecular weight is 198 g/mol. The van der Waals surface area contributed by atoms with Crippen LogP contribution in [0.25, 0.3) is 0 Å². The van der Waals surface area contributed by atoms with Gasteiger partial charge >= 0.3 is 0 Å². The normalized spacial score (nSPS) is 24.6. The van der Waals surface area contributed by atoms with Crippen molar-refractivity contribution in [1.29, 1.82) is 0 Å².